The molecule has 0 aromatic carbocycles. The number of hydrogen-bond acceptors (Lipinski definition) is 0. The van der Waals surface area contributed by atoms with Crippen LogP contribution in [0.15, 0.2) is 24.4 Å². The van der Waals surface area contributed by atoms with Crippen LogP contribution in [0.3, 0.4) is 0 Å². The number of aromatic nitrogens is 1. The molecule has 0 spiro atoms. The molecule has 0 saturated carbocycles. The van der Waals surface area contributed by atoms with Gasteiger partial charge in [-0.05, 0) is 17.4 Å². The highest BCUT2D eigenvalue weighted by Crippen LogP contribution is 2.19. The molecule has 2 rings (SSSR count). The molecule has 1 aromatic rings. The summed E-state index contributed by atoms with van der Waals surface area (Å²) in [6.07, 6.45) is 10.7. The molecule has 1 aliphatic carbocycles. The first kappa shape index (κ1) is 7.41. The Morgan fingerprint density at radius 3 is 3.00 bits per heavy atom. The summed E-state index contributed by atoms with van der Waals surface area (Å²) in [7, 11) is 0. The topological polar surface area (TPSA) is 15.8 Å². The predicted molar refractivity (Wildman–Crippen MR) is 51.9 cm³/mol. The molecule has 0 fully saturated rings. The number of H-pyrrole nitrogens is 1. The van der Waals surface area contributed by atoms with E-state index in [-0.39, 0.29) is 5.41 Å². The van der Waals surface area contributed by atoms with Crippen molar-refractivity contribution in [2.45, 2.75) is 13.8 Å². The quantitative estimate of drug-likeness (QED) is 0.585. The second kappa shape index (κ2) is 2.37. The lowest BCUT2D eigenvalue weighted by Gasteiger charge is -2.12. The highest BCUT2D eigenvalue weighted by molar-refractivity contribution is 5.46. The Kier molecular flexibility index (Phi) is 1.47. The SMILES string of the molecule is CC1(C)C=CC=c2[nH]ccc2=C1. The van der Waals surface area contributed by atoms with E-state index in [2.05, 4.69) is 49.2 Å². The Balaban J connectivity index is 2.75. The second-order valence-corrected chi connectivity index (χ2v) is 3.84. The summed E-state index contributed by atoms with van der Waals surface area (Å²) < 4.78 is 0. The molecule has 0 unspecified atom stereocenters. The fourth-order valence-corrected chi connectivity index (χ4v) is 1.51. The summed E-state index contributed by atoms with van der Waals surface area (Å²) in [5.41, 5.74) is 0.171. The molecule has 0 saturated heterocycles. The largest absolute Gasteiger partial charge is 0.361 e. The highest BCUT2D eigenvalue weighted by atomic mass is 14.6. The van der Waals surface area contributed by atoms with Gasteiger partial charge in [0.2, 0.25) is 0 Å². The Labute approximate surface area is 72.1 Å². The molecule has 62 valence electrons. The normalized spacial score (nSPS) is 18.8. The van der Waals surface area contributed by atoms with E-state index < -0.39 is 0 Å². The van der Waals surface area contributed by atoms with Gasteiger partial charge >= 0.3 is 0 Å². The van der Waals surface area contributed by atoms with Crippen LogP contribution in [0.4, 0.5) is 0 Å². The van der Waals surface area contributed by atoms with Crippen molar-refractivity contribution < 1.29 is 0 Å². The molecule has 1 nitrogen and oxygen atoms in total. The van der Waals surface area contributed by atoms with Crippen molar-refractivity contribution in [1.82, 2.24) is 4.98 Å². The first-order chi connectivity index (χ1) is 5.67. The van der Waals surface area contributed by atoms with E-state index in [1.165, 1.54) is 10.6 Å². The van der Waals surface area contributed by atoms with Gasteiger partial charge in [0, 0.05) is 17.0 Å². The summed E-state index contributed by atoms with van der Waals surface area (Å²) >= 11 is 0. The summed E-state index contributed by atoms with van der Waals surface area (Å²) in [6, 6.07) is 2.11. The molecular formula is C11H13N. The second-order valence-electron chi connectivity index (χ2n) is 3.84. The molecule has 12 heavy (non-hydrogen) atoms. The third kappa shape index (κ3) is 1.22. The molecule has 1 N–H and O–H groups in total. The van der Waals surface area contributed by atoms with E-state index in [0.717, 1.165) is 0 Å². The third-order valence-electron chi connectivity index (χ3n) is 2.13. The van der Waals surface area contributed by atoms with Gasteiger partial charge in [0.15, 0.2) is 0 Å². The van der Waals surface area contributed by atoms with Crippen molar-refractivity contribution in [1.29, 1.82) is 0 Å². The molecule has 1 aliphatic rings. The predicted octanol–water partition coefficient (Wildman–Crippen LogP) is 1.17. The van der Waals surface area contributed by atoms with Crippen molar-refractivity contribution in [3.63, 3.8) is 0 Å². The minimum atomic E-state index is 0.171. The van der Waals surface area contributed by atoms with Crippen LogP contribution in [0, 0.1) is 5.41 Å². The zero-order chi connectivity index (χ0) is 8.60. The minimum absolute atomic E-state index is 0.171. The van der Waals surface area contributed by atoms with Gasteiger partial charge in [0.05, 0.1) is 0 Å². The smallest absolute Gasteiger partial charge is 0.0450 e. The molecule has 0 amide bonds. The van der Waals surface area contributed by atoms with E-state index in [1.54, 1.807) is 0 Å². The zero-order valence-electron chi connectivity index (χ0n) is 7.46. The number of nitrogens with one attached hydrogen (secondary N) is 1. The zero-order valence-corrected chi connectivity index (χ0v) is 7.46. The van der Waals surface area contributed by atoms with E-state index >= 15 is 0 Å². The first-order valence-electron chi connectivity index (χ1n) is 4.23. The van der Waals surface area contributed by atoms with Crippen LogP contribution in [-0.4, -0.2) is 4.98 Å². The van der Waals surface area contributed by atoms with Crippen molar-refractivity contribution in [2.24, 2.45) is 5.41 Å². The van der Waals surface area contributed by atoms with Gasteiger partial charge in [0.25, 0.3) is 0 Å². The Morgan fingerprint density at radius 1 is 1.33 bits per heavy atom. The van der Waals surface area contributed by atoms with Gasteiger partial charge in [-0.25, -0.2) is 0 Å². The summed E-state index contributed by atoms with van der Waals surface area (Å²) in [6.45, 7) is 4.42. The van der Waals surface area contributed by atoms with E-state index in [9.17, 15) is 0 Å². The van der Waals surface area contributed by atoms with Gasteiger partial charge in [0.1, 0.15) is 0 Å². The Morgan fingerprint density at radius 2 is 2.17 bits per heavy atom. The van der Waals surface area contributed by atoms with Gasteiger partial charge < -0.3 is 4.98 Å². The van der Waals surface area contributed by atoms with Crippen molar-refractivity contribution in [3.8, 4) is 0 Å². The first-order valence-corrected chi connectivity index (χ1v) is 4.23. The fourth-order valence-electron chi connectivity index (χ4n) is 1.51. The fraction of sp³-hybridized carbons (Fsp3) is 0.273. The van der Waals surface area contributed by atoms with Crippen LogP contribution >= 0.6 is 0 Å². The van der Waals surface area contributed by atoms with E-state index in [1.807, 2.05) is 6.20 Å². The minimum Gasteiger partial charge on any atom is -0.361 e. The van der Waals surface area contributed by atoms with Crippen LogP contribution in [0.25, 0.3) is 12.2 Å². The van der Waals surface area contributed by atoms with Crippen LogP contribution in [0.1, 0.15) is 13.8 Å². The average Bonchev–Trinajstić information content (AvgIpc) is 2.31. The van der Waals surface area contributed by atoms with Crippen molar-refractivity contribution >= 4 is 12.2 Å². The monoisotopic (exact) mass is 159 g/mol. The van der Waals surface area contributed by atoms with Gasteiger partial charge in [-0.15, -0.1) is 0 Å². The van der Waals surface area contributed by atoms with E-state index in [4.69, 9.17) is 0 Å². The van der Waals surface area contributed by atoms with Gasteiger partial charge in [-0.1, -0.05) is 32.1 Å². The molecule has 1 aromatic heterocycles. The number of fused-ring (bicyclic) bond motifs is 1. The maximum absolute atomic E-state index is 3.20. The van der Waals surface area contributed by atoms with E-state index in [0.29, 0.717) is 0 Å². The summed E-state index contributed by atoms with van der Waals surface area (Å²) in [5, 5.41) is 2.50. The maximum Gasteiger partial charge on any atom is 0.0450 e. The number of aromatic amines is 1. The standard InChI is InChI=1S/C11H13N/c1-11(2)6-3-4-10-9(8-11)5-7-12-10/h3-8,12H,1-2H3. The summed E-state index contributed by atoms with van der Waals surface area (Å²) in [4.78, 5) is 3.20. The third-order valence-corrected chi connectivity index (χ3v) is 2.13. The molecule has 1 heteroatoms. The Hall–Kier alpha value is -1.24. The average molecular weight is 159 g/mol. The molecule has 0 atom stereocenters. The van der Waals surface area contributed by atoms with Gasteiger partial charge in [-0.3, -0.25) is 0 Å². The lowest BCUT2D eigenvalue weighted by atomic mass is 9.93. The number of allylic oxidation sites excluding steroid dienone is 2. The number of hydrogen-bond donors (Lipinski definition) is 1. The Bertz CT molecular complexity index is 418. The van der Waals surface area contributed by atoms with Crippen LogP contribution in [0.2, 0.25) is 0 Å². The molecule has 0 aliphatic heterocycles. The van der Waals surface area contributed by atoms with Gasteiger partial charge in [-0.2, -0.15) is 0 Å². The molecule has 0 bridgehead atoms. The van der Waals surface area contributed by atoms with Crippen LogP contribution in [0.5, 0.6) is 0 Å². The number of rotatable bonds is 0. The molecule has 1 heterocycles. The summed E-state index contributed by atoms with van der Waals surface area (Å²) in [5.74, 6) is 0. The van der Waals surface area contributed by atoms with Crippen molar-refractivity contribution in [3.05, 3.63) is 35.0 Å². The maximum atomic E-state index is 3.20. The van der Waals surface area contributed by atoms with Crippen LogP contribution in [-0.2, 0) is 0 Å². The van der Waals surface area contributed by atoms with Crippen LogP contribution < -0.4 is 10.6 Å². The lowest BCUT2D eigenvalue weighted by Crippen LogP contribution is -2.23. The van der Waals surface area contributed by atoms with Crippen molar-refractivity contribution in [2.75, 3.05) is 0 Å². The molecular weight excluding hydrogens is 146 g/mol. The highest BCUT2D eigenvalue weighted by Gasteiger charge is 2.09. The molecule has 0 radical (unpaired) electrons. The lowest BCUT2D eigenvalue weighted by molar-refractivity contribution is 0.671.